The molecule has 3 rings (SSSR count). The molecule has 3 aromatic carbocycles. The number of carbonyl (C=O) groups excluding carboxylic acids is 2. The van der Waals surface area contributed by atoms with Crippen LogP contribution in [0.5, 0.6) is 11.5 Å². The maximum Gasteiger partial charge on any atom is 0.254 e. The summed E-state index contributed by atoms with van der Waals surface area (Å²) < 4.78 is 5.79. The number of benzene rings is 3. The smallest absolute Gasteiger partial charge is 0.254 e. The van der Waals surface area contributed by atoms with Crippen LogP contribution in [0.25, 0.3) is 0 Å². The molecule has 5 heteroatoms. The van der Waals surface area contributed by atoms with Gasteiger partial charge in [-0.05, 0) is 61.0 Å². The predicted molar refractivity (Wildman–Crippen MR) is 118 cm³/mol. The average molecular weight is 402 g/mol. The van der Waals surface area contributed by atoms with Gasteiger partial charge in [0.05, 0.1) is 0 Å². The van der Waals surface area contributed by atoms with Gasteiger partial charge < -0.3 is 14.5 Å². The predicted octanol–water partition coefficient (Wildman–Crippen LogP) is 4.84. The van der Waals surface area contributed by atoms with Gasteiger partial charge in [0.2, 0.25) is 0 Å². The number of amides is 2. The zero-order valence-corrected chi connectivity index (χ0v) is 17.5. The van der Waals surface area contributed by atoms with E-state index in [1.54, 1.807) is 60.3 Å². The Bertz CT molecular complexity index is 981. The number of nitrogens with zero attached hydrogens (tertiary/aromatic N) is 2. The van der Waals surface area contributed by atoms with Crippen LogP contribution < -0.4 is 4.74 Å². The Morgan fingerprint density at radius 1 is 0.733 bits per heavy atom. The topological polar surface area (TPSA) is 49.9 Å². The molecule has 0 aromatic heterocycles. The SMILES string of the molecule is CCN(Cc1ccc(C(=O)N(C)C)cc1)C(=O)c1ccc(Oc2ccccc2)cc1. The summed E-state index contributed by atoms with van der Waals surface area (Å²) in [5.74, 6) is 1.35. The Balaban J connectivity index is 1.66. The summed E-state index contributed by atoms with van der Waals surface area (Å²) in [6.07, 6.45) is 0. The molecule has 3 aromatic rings. The highest BCUT2D eigenvalue weighted by Crippen LogP contribution is 2.22. The number of ether oxygens (including phenoxy) is 1. The quantitative estimate of drug-likeness (QED) is 0.568. The lowest BCUT2D eigenvalue weighted by Gasteiger charge is -2.21. The van der Waals surface area contributed by atoms with E-state index >= 15 is 0 Å². The number of hydrogen-bond donors (Lipinski definition) is 0. The molecule has 0 radical (unpaired) electrons. The van der Waals surface area contributed by atoms with Crippen molar-refractivity contribution in [1.29, 1.82) is 0 Å². The van der Waals surface area contributed by atoms with Crippen molar-refractivity contribution in [3.05, 3.63) is 95.6 Å². The highest BCUT2D eigenvalue weighted by molar-refractivity contribution is 5.95. The molecule has 0 aliphatic rings. The van der Waals surface area contributed by atoms with Gasteiger partial charge in [0, 0.05) is 38.3 Å². The summed E-state index contributed by atoms with van der Waals surface area (Å²) in [7, 11) is 3.45. The fourth-order valence-corrected chi connectivity index (χ4v) is 3.03. The normalized spacial score (nSPS) is 10.4. The van der Waals surface area contributed by atoms with Gasteiger partial charge in [-0.25, -0.2) is 0 Å². The van der Waals surface area contributed by atoms with Gasteiger partial charge in [-0.2, -0.15) is 0 Å². The number of rotatable bonds is 7. The first-order valence-corrected chi connectivity index (χ1v) is 9.90. The molecule has 0 aliphatic heterocycles. The summed E-state index contributed by atoms with van der Waals surface area (Å²) in [6.45, 7) is 3.02. The van der Waals surface area contributed by atoms with Crippen LogP contribution in [0.3, 0.4) is 0 Å². The van der Waals surface area contributed by atoms with Crippen molar-refractivity contribution in [2.75, 3.05) is 20.6 Å². The second-order valence-electron chi connectivity index (χ2n) is 7.16. The first-order chi connectivity index (χ1) is 14.5. The summed E-state index contributed by atoms with van der Waals surface area (Å²) in [4.78, 5) is 28.3. The van der Waals surface area contributed by atoms with Crippen molar-refractivity contribution >= 4 is 11.8 Å². The van der Waals surface area contributed by atoms with Crippen molar-refractivity contribution in [3.63, 3.8) is 0 Å². The molecule has 5 nitrogen and oxygen atoms in total. The molecule has 0 atom stereocenters. The molecule has 0 bridgehead atoms. The molecule has 0 heterocycles. The molecule has 0 saturated heterocycles. The Hall–Kier alpha value is -3.60. The number of carbonyl (C=O) groups is 2. The zero-order chi connectivity index (χ0) is 21.5. The molecule has 0 N–H and O–H groups in total. The lowest BCUT2D eigenvalue weighted by Crippen LogP contribution is -2.30. The molecule has 30 heavy (non-hydrogen) atoms. The first-order valence-electron chi connectivity index (χ1n) is 9.90. The number of hydrogen-bond acceptors (Lipinski definition) is 3. The van der Waals surface area contributed by atoms with E-state index in [2.05, 4.69) is 0 Å². The van der Waals surface area contributed by atoms with E-state index in [4.69, 9.17) is 4.74 Å². The highest BCUT2D eigenvalue weighted by Gasteiger charge is 2.15. The zero-order valence-electron chi connectivity index (χ0n) is 17.5. The van der Waals surface area contributed by atoms with Crippen LogP contribution in [0.4, 0.5) is 0 Å². The van der Waals surface area contributed by atoms with Crippen LogP contribution in [0, 0.1) is 0 Å². The van der Waals surface area contributed by atoms with Crippen molar-refractivity contribution in [2.24, 2.45) is 0 Å². The second kappa shape index (κ2) is 9.74. The van der Waals surface area contributed by atoms with E-state index in [1.807, 2.05) is 49.4 Å². The molecule has 0 fully saturated rings. The van der Waals surface area contributed by atoms with Gasteiger partial charge in [-0.1, -0.05) is 30.3 Å². The molecule has 154 valence electrons. The Kier molecular flexibility index (Phi) is 6.86. The standard InChI is InChI=1S/C25H26N2O3/c1-4-27(18-19-10-12-20(13-11-19)24(28)26(2)3)25(29)21-14-16-23(17-15-21)30-22-8-6-5-7-9-22/h5-17H,4,18H2,1-3H3. The molecule has 0 spiro atoms. The first kappa shape index (κ1) is 21.1. The van der Waals surface area contributed by atoms with Crippen molar-refractivity contribution in [3.8, 4) is 11.5 Å². The molecule has 0 aliphatic carbocycles. The van der Waals surface area contributed by atoms with E-state index in [0.29, 0.717) is 30.0 Å². The monoisotopic (exact) mass is 402 g/mol. The maximum atomic E-state index is 12.9. The van der Waals surface area contributed by atoms with Crippen molar-refractivity contribution < 1.29 is 14.3 Å². The van der Waals surface area contributed by atoms with Crippen molar-refractivity contribution in [1.82, 2.24) is 9.80 Å². The third-order valence-electron chi connectivity index (χ3n) is 4.73. The molecule has 2 amide bonds. The highest BCUT2D eigenvalue weighted by atomic mass is 16.5. The molecule has 0 unspecified atom stereocenters. The molecule has 0 saturated carbocycles. The van der Waals surface area contributed by atoms with Crippen LogP contribution in [0.1, 0.15) is 33.2 Å². The fraction of sp³-hybridized carbons (Fsp3) is 0.200. The molecular formula is C25H26N2O3. The largest absolute Gasteiger partial charge is 0.457 e. The van der Waals surface area contributed by atoms with Gasteiger partial charge >= 0.3 is 0 Å². The minimum absolute atomic E-state index is 0.0391. The van der Waals surface area contributed by atoms with Gasteiger partial charge in [-0.15, -0.1) is 0 Å². The summed E-state index contributed by atoms with van der Waals surface area (Å²) in [5, 5.41) is 0. The van der Waals surface area contributed by atoms with Gasteiger partial charge in [-0.3, -0.25) is 9.59 Å². The van der Waals surface area contributed by atoms with Gasteiger partial charge in [0.15, 0.2) is 0 Å². The summed E-state index contributed by atoms with van der Waals surface area (Å²) in [6, 6.07) is 24.1. The van der Waals surface area contributed by atoms with Gasteiger partial charge in [0.25, 0.3) is 11.8 Å². The van der Waals surface area contributed by atoms with Crippen LogP contribution in [0.2, 0.25) is 0 Å². The lowest BCUT2D eigenvalue weighted by molar-refractivity contribution is 0.0751. The van der Waals surface area contributed by atoms with Gasteiger partial charge in [0.1, 0.15) is 11.5 Å². The lowest BCUT2D eigenvalue weighted by atomic mass is 10.1. The number of para-hydroxylation sites is 1. The van der Waals surface area contributed by atoms with E-state index in [-0.39, 0.29) is 11.8 Å². The van der Waals surface area contributed by atoms with E-state index in [0.717, 1.165) is 11.3 Å². The Morgan fingerprint density at radius 3 is 1.83 bits per heavy atom. The molecular weight excluding hydrogens is 376 g/mol. The minimum atomic E-state index is -0.0443. The third kappa shape index (κ3) is 5.26. The van der Waals surface area contributed by atoms with Crippen LogP contribution >= 0.6 is 0 Å². The average Bonchev–Trinajstić information content (AvgIpc) is 2.78. The van der Waals surface area contributed by atoms with E-state index < -0.39 is 0 Å². The Morgan fingerprint density at radius 2 is 1.27 bits per heavy atom. The second-order valence-corrected chi connectivity index (χ2v) is 7.16. The summed E-state index contributed by atoms with van der Waals surface area (Å²) >= 11 is 0. The van der Waals surface area contributed by atoms with Crippen LogP contribution in [-0.2, 0) is 6.54 Å². The fourth-order valence-electron chi connectivity index (χ4n) is 3.03. The third-order valence-corrected chi connectivity index (χ3v) is 4.73. The van der Waals surface area contributed by atoms with Crippen LogP contribution in [-0.4, -0.2) is 42.3 Å². The van der Waals surface area contributed by atoms with E-state index in [1.165, 1.54) is 0 Å². The van der Waals surface area contributed by atoms with Crippen molar-refractivity contribution in [2.45, 2.75) is 13.5 Å². The van der Waals surface area contributed by atoms with Crippen LogP contribution in [0.15, 0.2) is 78.9 Å². The maximum absolute atomic E-state index is 12.9. The Labute approximate surface area is 177 Å². The minimum Gasteiger partial charge on any atom is -0.457 e. The summed E-state index contributed by atoms with van der Waals surface area (Å²) in [5.41, 5.74) is 2.22. The van der Waals surface area contributed by atoms with E-state index in [9.17, 15) is 9.59 Å².